The van der Waals surface area contributed by atoms with E-state index in [4.69, 9.17) is 4.74 Å². The van der Waals surface area contributed by atoms with E-state index in [9.17, 15) is 20.1 Å². The van der Waals surface area contributed by atoms with Gasteiger partial charge in [0.25, 0.3) is 0 Å². The van der Waals surface area contributed by atoms with Crippen LogP contribution in [0.2, 0.25) is 0 Å². The van der Waals surface area contributed by atoms with Crippen LogP contribution in [0.3, 0.4) is 0 Å². The summed E-state index contributed by atoms with van der Waals surface area (Å²) < 4.78 is 4.81. The molecule has 27 heavy (non-hydrogen) atoms. The first-order valence-electron chi connectivity index (χ1n) is 9.89. The highest BCUT2D eigenvalue weighted by Crippen LogP contribution is 2.07. The molecule has 3 unspecified atom stereocenters. The highest BCUT2D eigenvalue weighted by atomic mass is 16.5. The van der Waals surface area contributed by atoms with Gasteiger partial charge in [0.2, 0.25) is 0 Å². The zero-order chi connectivity index (χ0) is 20.3. The van der Waals surface area contributed by atoms with Gasteiger partial charge < -0.3 is 20.1 Å². The van der Waals surface area contributed by atoms with Gasteiger partial charge in [-0.05, 0) is 26.2 Å². The lowest BCUT2D eigenvalue weighted by Crippen LogP contribution is -2.23. The maximum absolute atomic E-state index is 11.2. The highest BCUT2D eigenvalue weighted by Gasteiger charge is 2.13. The van der Waals surface area contributed by atoms with Gasteiger partial charge >= 0.3 is 5.97 Å². The summed E-state index contributed by atoms with van der Waals surface area (Å²) in [5.41, 5.74) is 0. The average molecular weight is 381 g/mol. The van der Waals surface area contributed by atoms with Crippen molar-refractivity contribution in [2.24, 2.45) is 0 Å². The molecule has 0 bridgehead atoms. The topological polar surface area (TPSA) is 87.0 Å². The molecule has 0 spiro atoms. The van der Waals surface area contributed by atoms with Crippen LogP contribution in [0.1, 0.15) is 58.8 Å². The molecule has 0 amide bonds. The first-order valence-corrected chi connectivity index (χ1v) is 9.89. The van der Waals surface area contributed by atoms with E-state index < -0.39 is 18.3 Å². The highest BCUT2D eigenvalue weighted by molar-refractivity contribution is 5.69. The van der Waals surface area contributed by atoms with Crippen molar-refractivity contribution in [3.8, 4) is 0 Å². The molecule has 0 saturated heterocycles. The van der Waals surface area contributed by atoms with E-state index in [1.165, 1.54) is 6.08 Å². The average Bonchev–Trinajstić information content (AvgIpc) is 2.64. The second kappa shape index (κ2) is 17.7. The number of unbranched alkanes of at least 4 members (excludes halogenated alkanes) is 2. The first-order chi connectivity index (χ1) is 13.0. The van der Waals surface area contributed by atoms with Crippen LogP contribution in [0.4, 0.5) is 0 Å². The molecule has 0 aromatic heterocycles. The molecule has 3 atom stereocenters. The summed E-state index contributed by atoms with van der Waals surface area (Å²) >= 11 is 0. The van der Waals surface area contributed by atoms with Gasteiger partial charge in [-0.3, -0.25) is 4.79 Å². The van der Waals surface area contributed by atoms with Crippen LogP contribution in [-0.4, -0.2) is 46.2 Å². The van der Waals surface area contributed by atoms with Gasteiger partial charge in [0, 0.05) is 6.42 Å². The Kier molecular flexibility index (Phi) is 16.6. The molecule has 5 heteroatoms. The van der Waals surface area contributed by atoms with Gasteiger partial charge in [0.1, 0.15) is 0 Å². The molecule has 154 valence electrons. The lowest BCUT2D eigenvalue weighted by Gasteiger charge is -2.13. The van der Waals surface area contributed by atoms with Crippen molar-refractivity contribution in [2.75, 3.05) is 6.61 Å². The Morgan fingerprint density at radius 2 is 1.48 bits per heavy atom. The van der Waals surface area contributed by atoms with Crippen LogP contribution in [0.15, 0.2) is 48.6 Å². The minimum absolute atomic E-state index is 0.243. The van der Waals surface area contributed by atoms with Crippen molar-refractivity contribution in [3.05, 3.63) is 48.6 Å². The zero-order valence-corrected chi connectivity index (χ0v) is 16.7. The molecule has 0 rings (SSSR count). The molecule has 0 heterocycles. The Morgan fingerprint density at radius 1 is 0.852 bits per heavy atom. The third-order valence-electron chi connectivity index (χ3n) is 3.88. The van der Waals surface area contributed by atoms with E-state index >= 15 is 0 Å². The van der Waals surface area contributed by atoms with Crippen LogP contribution >= 0.6 is 0 Å². The van der Waals surface area contributed by atoms with Crippen molar-refractivity contribution in [1.29, 1.82) is 0 Å². The summed E-state index contributed by atoms with van der Waals surface area (Å²) in [7, 11) is 0. The summed E-state index contributed by atoms with van der Waals surface area (Å²) in [6, 6.07) is 0. The quantitative estimate of drug-likeness (QED) is 0.229. The zero-order valence-electron chi connectivity index (χ0n) is 16.7. The number of hydrogen-bond acceptors (Lipinski definition) is 5. The third kappa shape index (κ3) is 16.2. The van der Waals surface area contributed by atoms with Crippen LogP contribution in [0.25, 0.3) is 0 Å². The van der Waals surface area contributed by atoms with Gasteiger partial charge in [-0.1, -0.05) is 74.8 Å². The van der Waals surface area contributed by atoms with Gasteiger partial charge in [0.15, 0.2) is 0 Å². The molecule has 0 fully saturated rings. The minimum Gasteiger partial charge on any atom is -0.466 e. The number of aliphatic hydroxyl groups excluding tert-OH is 3. The molecule has 0 aliphatic rings. The smallest absolute Gasteiger partial charge is 0.305 e. The third-order valence-corrected chi connectivity index (χ3v) is 3.88. The molecular weight excluding hydrogens is 344 g/mol. The molecule has 0 aliphatic heterocycles. The molecule has 0 aromatic rings. The fourth-order valence-electron chi connectivity index (χ4n) is 2.31. The molecular formula is C22H36O5. The second-order valence-electron chi connectivity index (χ2n) is 6.36. The van der Waals surface area contributed by atoms with Crippen LogP contribution in [-0.2, 0) is 9.53 Å². The van der Waals surface area contributed by atoms with Crippen LogP contribution in [0.5, 0.6) is 0 Å². The summed E-state index contributed by atoms with van der Waals surface area (Å²) in [5, 5.41) is 29.4. The minimum atomic E-state index is -0.973. The SMILES string of the molecule is CCCCCC(O)C=CC=CC=CC=CC(O)C(O)CCCC(=O)OCC. The van der Waals surface area contributed by atoms with Gasteiger partial charge in [-0.15, -0.1) is 0 Å². The standard InChI is InChI=1S/C22H36O5/c1-3-5-10-14-19(23)15-11-8-6-7-9-12-16-20(24)21(25)17-13-18-22(26)27-4-2/h6-9,11-12,15-16,19-21,23-25H,3-5,10,13-14,17-18H2,1-2H3. The monoisotopic (exact) mass is 380 g/mol. The normalized spacial score (nSPS) is 15.9. The largest absolute Gasteiger partial charge is 0.466 e. The number of ether oxygens (including phenoxy) is 1. The Morgan fingerprint density at radius 3 is 2.11 bits per heavy atom. The lowest BCUT2D eigenvalue weighted by molar-refractivity contribution is -0.143. The number of rotatable bonds is 15. The molecule has 3 N–H and O–H groups in total. The maximum atomic E-state index is 11.2. The Labute approximate surface area is 163 Å². The summed E-state index contributed by atoms with van der Waals surface area (Å²) in [5.74, 6) is -0.285. The summed E-state index contributed by atoms with van der Waals surface area (Å²) in [4.78, 5) is 11.2. The number of carbonyl (C=O) groups excluding carboxylic acids is 1. The van der Waals surface area contributed by atoms with E-state index in [2.05, 4.69) is 6.92 Å². The first kappa shape index (κ1) is 25.3. The van der Waals surface area contributed by atoms with E-state index in [1.807, 2.05) is 18.2 Å². The van der Waals surface area contributed by atoms with E-state index in [0.29, 0.717) is 19.4 Å². The predicted octanol–water partition coefficient (Wildman–Crippen LogP) is 3.61. The molecule has 0 aromatic carbocycles. The molecule has 0 saturated carbocycles. The van der Waals surface area contributed by atoms with Crippen molar-refractivity contribution in [1.82, 2.24) is 0 Å². The Hall–Kier alpha value is -1.69. The van der Waals surface area contributed by atoms with Crippen molar-refractivity contribution >= 4 is 5.97 Å². The number of esters is 1. The number of aliphatic hydroxyl groups is 3. The van der Waals surface area contributed by atoms with Crippen molar-refractivity contribution in [2.45, 2.75) is 77.1 Å². The number of carbonyl (C=O) groups is 1. The van der Waals surface area contributed by atoms with Crippen molar-refractivity contribution < 1.29 is 24.9 Å². The van der Waals surface area contributed by atoms with Crippen molar-refractivity contribution in [3.63, 3.8) is 0 Å². The maximum Gasteiger partial charge on any atom is 0.305 e. The molecule has 5 nitrogen and oxygen atoms in total. The lowest BCUT2D eigenvalue weighted by atomic mass is 10.1. The van der Waals surface area contributed by atoms with Crippen LogP contribution < -0.4 is 0 Å². The Balaban J connectivity index is 3.98. The fourth-order valence-corrected chi connectivity index (χ4v) is 2.31. The van der Waals surface area contributed by atoms with Crippen LogP contribution in [0, 0.1) is 0 Å². The van der Waals surface area contributed by atoms with E-state index in [1.54, 1.807) is 31.2 Å². The fraction of sp³-hybridized carbons (Fsp3) is 0.591. The summed E-state index contributed by atoms with van der Waals surface area (Å²) in [6.45, 7) is 4.23. The number of allylic oxidation sites excluding steroid dienone is 6. The second-order valence-corrected chi connectivity index (χ2v) is 6.36. The van der Waals surface area contributed by atoms with Gasteiger partial charge in [-0.2, -0.15) is 0 Å². The van der Waals surface area contributed by atoms with Gasteiger partial charge in [0.05, 0.1) is 24.9 Å². The molecule has 0 radical (unpaired) electrons. The van der Waals surface area contributed by atoms with Gasteiger partial charge in [-0.25, -0.2) is 0 Å². The van der Waals surface area contributed by atoms with E-state index in [0.717, 1.165) is 25.7 Å². The summed E-state index contributed by atoms with van der Waals surface area (Å²) in [6.07, 6.45) is 16.8. The number of hydrogen-bond donors (Lipinski definition) is 3. The van der Waals surface area contributed by atoms with E-state index in [-0.39, 0.29) is 12.4 Å². The Bertz CT molecular complexity index is 479. The predicted molar refractivity (Wildman–Crippen MR) is 109 cm³/mol. The molecule has 0 aliphatic carbocycles.